The van der Waals surface area contributed by atoms with Gasteiger partial charge in [-0.3, -0.25) is 9.20 Å². The first-order valence-corrected chi connectivity index (χ1v) is 8.14. The molecule has 22 heavy (non-hydrogen) atoms. The molecule has 1 aliphatic rings. The van der Waals surface area contributed by atoms with E-state index in [1.54, 1.807) is 12.2 Å². The van der Waals surface area contributed by atoms with Crippen molar-refractivity contribution in [3.05, 3.63) is 41.3 Å². The van der Waals surface area contributed by atoms with Crippen molar-refractivity contribution in [1.82, 2.24) is 14.7 Å². The minimum Gasteiger partial charge on any atom is -0.350 e. The van der Waals surface area contributed by atoms with E-state index >= 15 is 0 Å². The van der Waals surface area contributed by atoms with Gasteiger partial charge in [-0.1, -0.05) is 37.4 Å². The van der Waals surface area contributed by atoms with Crippen molar-refractivity contribution in [1.29, 1.82) is 0 Å². The summed E-state index contributed by atoms with van der Waals surface area (Å²) in [5, 5.41) is 3.50. The third-order valence-corrected chi connectivity index (χ3v) is 4.63. The standard InChI is InChI=1S/C17H20ClN3O/c1-12-6-2-3-7-13(12)19-16(22)10-9-14-17(18)20-15-8-4-5-11-21(14)15/h4-5,8-13H,2-3,6-7H2,1H3,(H,19,22)/b10-9+/t12-,13+/m0/s1. The Balaban J connectivity index is 1.72. The zero-order valence-corrected chi connectivity index (χ0v) is 13.4. The Bertz CT molecular complexity index is 707. The number of fused-ring (bicyclic) bond motifs is 1. The summed E-state index contributed by atoms with van der Waals surface area (Å²) in [7, 11) is 0. The summed E-state index contributed by atoms with van der Waals surface area (Å²) >= 11 is 6.15. The molecule has 116 valence electrons. The third kappa shape index (κ3) is 3.17. The number of halogens is 1. The summed E-state index contributed by atoms with van der Waals surface area (Å²) in [6, 6.07) is 5.98. The summed E-state index contributed by atoms with van der Waals surface area (Å²) < 4.78 is 1.87. The van der Waals surface area contributed by atoms with E-state index in [-0.39, 0.29) is 11.9 Å². The van der Waals surface area contributed by atoms with Gasteiger partial charge in [0, 0.05) is 18.3 Å². The zero-order chi connectivity index (χ0) is 15.5. The normalized spacial score (nSPS) is 22.3. The quantitative estimate of drug-likeness (QED) is 0.877. The monoisotopic (exact) mass is 317 g/mol. The van der Waals surface area contributed by atoms with E-state index in [0.717, 1.165) is 17.8 Å². The fraction of sp³-hybridized carbons (Fsp3) is 0.412. The fourth-order valence-electron chi connectivity index (χ4n) is 3.05. The summed E-state index contributed by atoms with van der Waals surface area (Å²) in [6.45, 7) is 2.20. The maximum atomic E-state index is 12.1. The summed E-state index contributed by atoms with van der Waals surface area (Å²) in [6.07, 6.45) is 9.87. The average molecular weight is 318 g/mol. The largest absolute Gasteiger partial charge is 0.350 e. The first-order valence-electron chi connectivity index (χ1n) is 7.76. The van der Waals surface area contributed by atoms with Gasteiger partial charge in [-0.15, -0.1) is 0 Å². The number of nitrogens with one attached hydrogen (secondary N) is 1. The van der Waals surface area contributed by atoms with E-state index < -0.39 is 0 Å². The Hall–Kier alpha value is -1.81. The lowest BCUT2D eigenvalue weighted by molar-refractivity contribution is -0.117. The van der Waals surface area contributed by atoms with E-state index in [9.17, 15) is 4.79 Å². The van der Waals surface area contributed by atoms with Crippen LogP contribution in [0.15, 0.2) is 30.5 Å². The second-order valence-electron chi connectivity index (χ2n) is 5.93. The summed E-state index contributed by atoms with van der Waals surface area (Å²) in [5.41, 5.74) is 1.50. The van der Waals surface area contributed by atoms with Crippen LogP contribution in [0.4, 0.5) is 0 Å². The predicted octanol–water partition coefficient (Wildman–Crippen LogP) is 3.70. The number of nitrogens with zero attached hydrogens (tertiary/aromatic N) is 2. The van der Waals surface area contributed by atoms with E-state index in [1.807, 2.05) is 28.8 Å². The first-order chi connectivity index (χ1) is 10.6. The molecular formula is C17H20ClN3O. The smallest absolute Gasteiger partial charge is 0.244 e. The van der Waals surface area contributed by atoms with E-state index in [4.69, 9.17) is 11.6 Å². The molecule has 4 nitrogen and oxygen atoms in total. The van der Waals surface area contributed by atoms with Gasteiger partial charge in [0.15, 0.2) is 5.15 Å². The van der Waals surface area contributed by atoms with Crippen molar-refractivity contribution < 1.29 is 4.79 Å². The highest BCUT2D eigenvalue weighted by Crippen LogP contribution is 2.24. The molecule has 1 N–H and O–H groups in total. The molecule has 0 radical (unpaired) electrons. The third-order valence-electron chi connectivity index (χ3n) is 4.35. The first kappa shape index (κ1) is 15.1. The zero-order valence-electron chi connectivity index (χ0n) is 12.6. The number of amides is 1. The van der Waals surface area contributed by atoms with Crippen LogP contribution in [-0.2, 0) is 4.79 Å². The number of carbonyl (C=O) groups excluding carboxylic acids is 1. The highest BCUT2D eigenvalue weighted by atomic mass is 35.5. The topological polar surface area (TPSA) is 46.4 Å². The van der Waals surface area contributed by atoms with Crippen LogP contribution < -0.4 is 5.32 Å². The SMILES string of the molecule is C[C@H]1CCCC[C@H]1NC(=O)/C=C/c1c(Cl)nc2ccccn12. The van der Waals surface area contributed by atoms with Crippen LogP contribution in [0.2, 0.25) is 5.15 Å². The molecule has 0 spiro atoms. The molecule has 1 saturated carbocycles. The molecule has 2 aromatic rings. The van der Waals surface area contributed by atoms with Crippen LogP contribution in [-0.4, -0.2) is 21.3 Å². The Morgan fingerprint density at radius 1 is 1.41 bits per heavy atom. The van der Waals surface area contributed by atoms with Gasteiger partial charge in [-0.25, -0.2) is 4.98 Å². The highest BCUT2D eigenvalue weighted by molar-refractivity contribution is 6.31. The molecule has 1 fully saturated rings. The molecule has 3 rings (SSSR count). The highest BCUT2D eigenvalue weighted by Gasteiger charge is 2.21. The van der Waals surface area contributed by atoms with Gasteiger partial charge in [-0.2, -0.15) is 0 Å². The maximum absolute atomic E-state index is 12.1. The van der Waals surface area contributed by atoms with Gasteiger partial charge in [0.2, 0.25) is 5.91 Å². The van der Waals surface area contributed by atoms with Crippen molar-refractivity contribution >= 4 is 29.2 Å². The van der Waals surface area contributed by atoms with Crippen molar-refractivity contribution in [2.45, 2.75) is 38.6 Å². The molecule has 1 aliphatic carbocycles. The van der Waals surface area contributed by atoms with Crippen LogP contribution in [0.3, 0.4) is 0 Å². The number of carbonyl (C=O) groups is 1. The molecule has 0 aromatic carbocycles. The molecular weight excluding hydrogens is 298 g/mol. The van der Waals surface area contributed by atoms with Gasteiger partial charge in [0.05, 0.1) is 5.69 Å². The number of imidazole rings is 1. The lowest BCUT2D eigenvalue weighted by atomic mass is 9.86. The molecule has 2 atom stereocenters. The van der Waals surface area contributed by atoms with Crippen LogP contribution in [0.5, 0.6) is 0 Å². The lowest BCUT2D eigenvalue weighted by Crippen LogP contribution is -2.40. The van der Waals surface area contributed by atoms with Gasteiger partial charge in [0.1, 0.15) is 5.65 Å². The number of aromatic nitrogens is 2. The van der Waals surface area contributed by atoms with Crippen molar-refractivity contribution in [3.8, 4) is 0 Å². The maximum Gasteiger partial charge on any atom is 0.244 e. The Kier molecular flexibility index (Phi) is 4.48. The van der Waals surface area contributed by atoms with E-state index in [1.165, 1.54) is 19.3 Å². The van der Waals surface area contributed by atoms with Crippen LogP contribution in [0, 0.1) is 5.92 Å². The number of pyridine rings is 1. The van der Waals surface area contributed by atoms with Crippen LogP contribution >= 0.6 is 11.6 Å². The van der Waals surface area contributed by atoms with Gasteiger partial charge in [-0.05, 0) is 37.0 Å². The Morgan fingerprint density at radius 3 is 3.05 bits per heavy atom. The van der Waals surface area contributed by atoms with Crippen molar-refractivity contribution in [2.75, 3.05) is 0 Å². The molecule has 0 saturated heterocycles. The minimum absolute atomic E-state index is 0.0688. The lowest BCUT2D eigenvalue weighted by Gasteiger charge is -2.29. The number of rotatable bonds is 3. The van der Waals surface area contributed by atoms with Crippen molar-refractivity contribution in [3.63, 3.8) is 0 Å². The summed E-state index contributed by atoms with van der Waals surface area (Å²) in [5.74, 6) is 0.478. The Morgan fingerprint density at radius 2 is 2.23 bits per heavy atom. The predicted molar refractivity (Wildman–Crippen MR) is 88.8 cm³/mol. The summed E-state index contributed by atoms with van der Waals surface area (Å²) in [4.78, 5) is 16.4. The molecule has 2 heterocycles. The molecule has 2 aromatic heterocycles. The molecule has 5 heteroatoms. The van der Waals surface area contributed by atoms with Gasteiger partial charge < -0.3 is 5.32 Å². The average Bonchev–Trinajstić information content (AvgIpc) is 2.83. The van der Waals surface area contributed by atoms with Gasteiger partial charge >= 0.3 is 0 Å². The molecule has 1 amide bonds. The second kappa shape index (κ2) is 6.53. The van der Waals surface area contributed by atoms with Gasteiger partial charge in [0.25, 0.3) is 0 Å². The molecule has 0 aliphatic heterocycles. The van der Waals surface area contributed by atoms with Crippen LogP contribution in [0.25, 0.3) is 11.7 Å². The van der Waals surface area contributed by atoms with E-state index in [0.29, 0.717) is 11.1 Å². The van der Waals surface area contributed by atoms with Crippen molar-refractivity contribution in [2.24, 2.45) is 5.92 Å². The molecule has 0 bridgehead atoms. The Labute approximate surface area is 135 Å². The fourth-order valence-corrected chi connectivity index (χ4v) is 3.29. The number of hydrogen-bond donors (Lipinski definition) is 1. The van der Waals surface area contributed by atoms with E-state index in [2.05, 4.69) is 17.2 Å². The second-order valence-corrected chi connectivity index (χ2v) is 6.28. The molecule has 0 unspecified atom stereocenters. The number of hydrogen-bond acceptors (Lipinski definition) is 2. The minimum atomic E-state index is -0.0688. The van der Waals surface area contributed by atoms with Crippen LogP contribution in [0.1, 0.15) is 38.3 Å².